The average Bonchev–Trinajstić information content (AvgIpc) is 1.97. The summed E-state index contributed by atoms with van der Waals surface area (Å²) in [6.07, 6.45) is 0. The summed E-state index contributed by atoms with van der Waals surface area (Å²) in [6, 6.07) is 4.60. The summed E-state index contributed by atoms with van der Waals surface area (Å²) in [6.45, 7) is 5.99. The molecule has 0 heterocycles. The third kappa shape index (κ3) is 3.39. The number of benzene rings is 1. The third-order valence-corrected chi connectivity index (χ3v) is 2.82. The molecule has 0 aliphatic carbocycles. The molecule has 16 heavy (non-hydrogen) atoms. The van der Waals surface area contributed by atoms with Gasteiger partial charge in [-0.05, 0) is 39.0 Å². The van der Waals surface area contributed by atoms with E-state index in [4.69, 9.17) is 10.9 Å². The fourth-order valence-corrected chi connectivity index (χ4v) is 1.96. The Kier molecular flexibility index (Phi) is 3.16. The first-order valence-electron chi connectivity index (χ1n) is 4.80. The lowest BCUT2D eigenvalue weighted by atomic mass is 10.1. The summed E-state index contributed by atoms with van der Waals surface area (Å²) in [5, 5.41) is 8.19. The molecule has 0 atom stereocenters. The maximum Gasteiger partial charge on any atom is 0.240 e. The zero-order valence-corrected chi connectivity index (χ0v) is 10.4. The van der Waals surface area contributed by atoms with Crippen LogP contribution in [0.1, 0.15) is 20.8 Å². The molecule has 0 fully saturated rings. The van der Waals surface area contributed by atoms with Gasteiger partial charge < -0.3 is 11.1 Å². The molecule has 0 radical (unpaired) electrons. The standard InChI is InChI=1S/C10H17N3O2S/c1-10(2,3)13-7-4-5-9(8(11)6-7)16(12,14)15/h4-6,13H,11H2,1-3H3,(H2,12,14,15). The van der Waals surface area contributed by atoms with E-state index in [2.05, 4.69) is 5.32 Å². The molecule has 0 aromatic heterocycles. The van der Waals surface area contributed by atoms with Crippen LogP contribution < -0.4 is 16.2 Å². The fourth-order valence-electron chi connectivity index (χ4n) is 1.32. The second-order valence-corrected chi connectivity index (χ2v) is 6.20. The molecule has 5 N–H and O–H groups in total. The van der Waals surface area contributed by atoms with Crippen molar-refractivity contribution in [2.24, 2.45) is 5.14 Å². The van der Waals surface area contributed by atoms with E-state index in [0.29, 0.717) is 0 Å². The van der Waals surface area contributed by atoms with Crippen molar-refractivity contribution in [1.82, 2.24) is 0 Å². The van der Waals surface area contributed by atoms with Crippen molar-refractivity contribution in [2.45, 2.75) is 31.2 Å². The number of hydrogen-bond donors (Lipinski definition) is 3. The molecule has 0 amide bonds. The Bertz CT molecular complexity index is 489. The van der Waals surface area contributed by atoms with E-state index in [9.17, 15) is 8.42 Å². The largest absolute Gasteiger partial charge is 0.398 e. The second-order valence-electron chi connectivity index (χ2n) is 4.67. The molecule has 6 heteroatoms. The van der Waals surface area contributed by atoms with Crippen molar-refractivity contribution in [2.75, 3.05) is 11.1 Å². The van der Waals surface area contributed by atoms with Crippen LogP contribution in [0.3, 0.4) is 0 Å². The van der Waals surface area contributed by atoms with Crippen molar-refractivity contribution < 1.29 is 8.42 Å². The van der Waals surface area contributed by atoms with E-state index in [1.165, 1.54) is 6.07 Å². The summed E-state index contributed by atoms with van der Waals surface area (Å²) in [7, 11) is -3.75. The number of hydrogen-bond acceptors (Lipinski definition) is 4. The molecular formula is C10H17N3O2S. The fraction of sp³-hybridized carbons (Fsp3) is 0.400. The molecule has 1 rings (SSSR count). The Morgan fingerprint density at radius 2 is 1.81 bits per heavy atom. The van der Waals surface area contributed by atoms with Gasteiger partial charge in [-0.15, -0.1) is 0 Å². The summed E-state index contributed by atoms with van der Waals surface area (Å²) in [4.78, 5) is -0.0491. The van der Waals surface area contributed by atoms with Gasteiger partial charge in [0, 0.05) is 11.2 Å². The number of primary sulfonamides is 1. The third-order valence-electron chi connectivity index (χ3n) is 1.84. The molecule has 5 nitrogen and oxygen atoms in total. The van der Waals surface area contributed by atoms with Crippen LogP contribution in [0.5, 0.6) is 0 Å². The highest BCUT2D eigenvalue weighted by Crippen LogP contribution is 2.23. The molecule has 1 aromatic carbocycles. The summed E-state index contributed by atoms with van der Waals surface area (Å²) >= 11 is 0. The van der Waals surface area contributed by atoms with Gasteiger partial charge in [-0.3, -0.25) is 0 Å². The molecule has 0 aliphatic heterocycles. The van der Waals surface area contributed by atoms with Crippen molar-refractivity contribution in [1.29, 1.82) is 0 Å². The van der Waals surface area contributed by atoms with Gasteiger partial charge >= 0.3 is 0 Å². The molecule has 90 valence electrons. The number of nitrogen functional groups attached to an aromatic ring is 1. The summed E-state index contributed by atoms with van der Waals surface area (Å²) in [5.74, 6) is 0. The van der Waals surface area contributed by atoms with E-state index < -0.39 is 10.0 Å². The van der Waals surface area contributed by atoms with E-state index in [-0.39, 0.29) is 16.1 Å². The zero-order chi connectivity index (χ0) is 12.6. The normalized spacial score (nSPS) is 12.5. The van der Waals surface area contributed by atoms with Crippen molar-refractivity contribution in [3.05, 3.63) is 18.2 Å². The molecule has 1 aromatic rings. The van der Waals surface area contributed by atoms with Crippen LogP contribution in [0.15, 0.2) is 23.1 Å². The first-order valence-corrected chi connectivity index (χ1v) is 6.35. The lowest BCUT2D eigenvalue weighted by Gasteiger charge is -2.22. The van der Waals surface area contributed by atoms with Crippen LogP contribution in [-0.2, 0) is 10.0 Å². The minimum absolute atomic E-state index is 0.0491. The quantitative estimate of drug-likeness (QED) is 0.678. The van der Waals surface area contributed by atoms with E-state index in [1.807, 2.05) is 20.8 Å². The van der Waals surface area contributed by atoms with Gasteiger partial charge in [0.15, 0.2) is 0 Å². The number of nitrogens with two attached hydrogens (primary N) is 2. The van der Waals surface area contributed by atoms with Crippen molar-refractivity contribution in [3.8, 4) is 0 Å². The Morgan fingerprint density at radius 3 is 2.19 bits per heavy atom. The van der Waals surface area contributed by atoms with E-state index in [1.54, 1.807) is 12.1 Å². The minimum Gasteiger partial charge on any atom is -0.398 e. The van der Waals surface area contributed by atoms with Crippen molar-refractivity contribution in [3.63, 3.8) is 0 Å². The van der Waals surface area contributed by atoms with Gasteiger partial charge in [-0.1, -0.05) is 0 Å². The number of nitrogens with one attached hydrogen (secondary N) is 1. The highest BCUT2D eigenvalue weighted by Gasteiger charge is 2.14. The maximum atomic E-state index is 11.1. The van der Waals surface area contributed by atoms with Gasteiger partial charge in [0.05, 0.1) is 5.69 Å². The van der Waals surface area contributed by atoms with Gasteiger partial charge in [0.1, 0.15) is 4.90 Å². The lowest BCUT2D eigenvalue weighted by Crippen LogP contribution is -2.26. The molecule has 0 unspecified atom stereocenters. The maximum absolute atomic E-state index is 11.1. The van der Waals surface area contributed by atoms with Gasteiger partial charge in [0.2, 0.25) is 10.0 Å². The SMILES string of the molecule is CC(C)(C)Nc1ccc(S(N)(=O)=O)c(N)c1. The predicted molar refractivity (Wildman–Crippen MR) is 65.6 cm³/mol. The van der Waals surface area contributed by atoms with Crippen molar-refractivity contribution >= 4 is 21.4 Å². The summed E-state index contributed by atoms with van der Waals surface area (Å²) in [5.41, 5.74) is 6.42. The Morgan fingerprint density at radius 1 is 1.25 bits per heavy atom. The number of sulfonamides is 1. The molecule has 0 saturated heterocycles. The minimum atomic E-state index is -3.75. The molecule has 0 bridgehead atoms. The Balaban J connectivity index is 3.10. The van der Waals surface area contributed by atoms with Gasteiger partial charge in [0.25, 0.3) is 0 Å². The first-order chi connectivity index (χ1) is 7.09. The van der Waals surface area contributed by atoms with Crippen LogP contribution in [0, 0.1) is 0 Å². The number of anilines is 2. The van der Waals surface area contributed by atoms with Gasteiger partial charge in [-0.2, -0.15) is 0 Å². The predicted octanol–water partition coefficient (Wildman–Crippen LogP) is 1.13. The lowest BCUT2D eigenvalue weighted by molar-refractivity contribution is 0.598. The Labute approximate surface area is 95.9 Å². The van der Waals surface area contributed by atoms with Crippen LogP contribution in [-0.4, -0.2) is 14.0 Å². The van der Waals surface area contributed by atoms with E-state index >= 15 is 0 Å². The monoisotopic (exact) mass is 243 g/mol. The highest BCUT2D eigenvalue weighted by atomic mass is 32.2. The van der Waals surface area contributed by atoms with E-state index in [0.717, 1.165) is 5.69 Å². The topological polar surface area (TPSA) is 98.2 Å². The van der Waals surface area contributed by atoms with Crippen LogP contribution in [0.25, 0.3) is 0 Å². The van der Waals surface area contributed by atoms with Crippen LogP contribution >= 0.6 is 0 Å². The Hall–Kier alpha value is -1.27. The van der Waals surface area contributed by atoms with Gasteiger partial charge in [-0.25, -0.2) is 13.6 Å². The number of rotatable bonds is 2. The van der Waals surface area contributed by atoms with Crippen LogP contribution in [0.2, 0.25) is 0 Å². The first kappa shape index (κ1) is 12.8. The highest BCUT2D eigenvalue weighted by molar-refractivity contribution is 7.89. The van der Waals surface area contributed by atoms with Crippen LogP contribution in [0.4, 0.5) is 11.4 Å². The molecule has 0 saturated carbocycles. The average molecular weight is 243 g/mol. The zero-order valence-electron chi connectivity index (χ0n) is 9.61. The smallest absolute Gasteiger partial charge is 0.240 e. The molecule has 0 spiro atoms. The molecular weight excluding hydrogens is 226 g/mol. The second kappa shape index (κ2) is 3.95. The summed E-state index contributed by atoms with van der Waals surface area (Å²) < 4.78 is 22.3. The molecule has 0 aliphatic rings.